The van der Waals surface area contributed by atoms with Crippen molar-refractivity contribution >= 4 is 49.7 Å². The van der Waals surface area contributed by atoms with Crippen molar-refractivity contribution in [3.05, 3.63) is 29.1 Å². The van der Waals surface area contributed by atoms with Crippen LogP contribution in [-0.2, 0) is 0 Å². The van der Waals surface area contributed by atoms with Crippen LogP contribution in [0.1, 0.15) is 42.3 Å². The first-order valence-corrected chi connectivity index (χ1v) is 12.7. The molecule has 7 heteroatoms. The van der Waals surface area contributed by atoms with Crippen LogP contribution in [0.3, 0.4) is 0 Å². The van der Waals surface area contributed by atoms with E-state index in [0.717, 1.165) is 57.0 Å². The standard InChI is InChI=1S/C25H31N5OS/c1-16-15-26-22-21-17-3-6-20(28-18(17)4-5-19(21)32-23(22)24(31)27-16)30-13-9-25(10-14-30)7-11-29(2)12-8-25/h3-6,16,26H,7-15H2,1-2H3,(H,27,31)/t16-/m1/s1. The molecule has 3 aromatic rings. The van der Waals surface area contributed by atoms with Gasteiger partial charge in [-0.25, -0.2) is 4.98 Å². The number of likely N-dealkylation sites (tertiary alicyclic amines) is 1. The van der Waals surface area contributed by atoms with Crippen molar-refractivity contribution in [2.24, 2.45) is 5.41 Å². The fourth-order valence-corrected chi connectivity index (χ4v) is 6.79. The molecule has 1 spiro atoms. The Labute approximate surface area is 193 Å². The molecule has 6 nitrogen and oxygen atoms in total. The Morgan fingerprint density at radius 3 is 2.59 bits per heavy atom. The van der Waals surface area contributed by atoms with Crippen molar-refractivity contribution in [1.82, 2.24) is 15.2 Å². The van der Waals surface area contributed by atoms with E-state index in [1.165, 1.54) is 38.8 Å². The molecule has 0 radical (unpaired) electrons. The van der Waals surface area contributed by atoms with Crippen LogP contribution in [0.25, 0.3) is 21.0 Å². The highest BCUT2D eigenvalue weighted by Crippen LogP contribution is 2.43. The lowest BCUT2D eigenvalue weighted by molar-refractivity contribution is 0.0943. The van der Waals surface area contributed by atoms with E-state index < -0.39 is 0 Å². The number of hydrogen-bond donors (Lipinski definition) is 2. The van der Waals surface area contributed by atoms with Crippen LogP contribution >= 0.6 is 11.3 Å². The smallest absolute Gasteiger partial charge is 0.263 e. The Balaban J connectivity index is 1.31. The molecule has 1 amide bonds. The highest BCUT2D eigenvalue weighted by atomic mass is 32.1. The molecule has 1 atom stereocenters. The summed E-state index contributed by atoms with van der Waals surface area (Å²) >= 11 is 1.57. The van der Waals surface area contributed by atoms with Crippen LogP contribution in [-0.4, -0.2) is 61.6 Å². The number of hydrogen-bond acceptors (Lipinski definition) is 6. The van der Waals surface area contributed by atoms with Crippen molar-refractivity contribution in [2.75, 3.05) is 50.0 Å². The number of thiophene rings is 1. The number of carbonyl (C=O) groups excluding carboxylic acids is 1. The number of piperidine rings is 2. The van der Waals surface area contributed by atoms with E-state index in [4.69, 9.17) is 4.98 Å². The summed E-state index contributed by atoms with van der Waals surface area (Å²) in [4.78, 5) is 23.4. The van der Waals surface area contributed by atoms with Gasteiger partial charge in [-0.1, -0.05) is 0 Å². The minimum Gasteiger partial charge on any atom is -0.381 e. The summed E-state index contributed by atoms with van der Waals surface area (Å²) in [5, 5.41) is 8.85. The number of fused-ring (bicyclic) bond motifs is 5. The number of nitrogens with zero attached hydrogens (tertiary/aromatic N) is 3. The summed E-state index contributed by atoms with van der Waals surface area (Å²) in [6.07, 6.45) is 5.22. The number of amides is 1. The predicted molar refractivity (Wildman–Crippen MR) is 133 cm³/mol. The minimum absolute atomic E-state index is 0.0209. The SMILES string of the molecule is C[C@@H]1CNc2c(sc3ccc4nc(N5CCC6(CCN(C)CC6)CC5)ccc4c23)C(=O)N1. The van der Waals surface area contributed by atoms with Gasteiger partial charge in [-0.15, -0.1) is 11.3 Å². The number of nitrogens with one attached hydrogen (secondary N) is 2. The molecular weight excluding hydrogens is 418 g/mol. The zero-order chi connectivity index (χ0) is 21.9. The molecule has 2 saturated heterocycles. The van der Waals surface area contributed by atoms with E-state index >= 15 is 0 Å². The Morgan fingerprint density at radius 2 is 1.81 bits per heavy atom. The molecule has 0 saturated carbocycles. The number of carbonyl (C=O) groups is 1. The van der Waals surface area contributed by atoms with E-state index in [-0.39, 0.29) is 11.9 Å². The van der Waals surface area contributed by atoms with Crippen LogP contribution in [0.2, 0.25) is 0 Å². The maximum absolute atomic E-state index is 12.7. The van der Waals surface area contributed by atoms with Gasteiger partial charge in [-0.2, -0.15) is 0 Å². The van der Waals surface area contributed by atoms with E-state index in [1.807, 2.05) is 6.92 Å². The van der Waals surface area contributed by atoms with E-state index in [0.29, 0.717) is 5.41 Å². The van der Waals surface area contributed by atoms with Crippen LogP contribution in [0.5, 0.6) is 0 Å². The third-order valence-electron chi connectivity index (χ3n) is 7.87. The van der Waals surface area contributed by atoms with Gasteiger partial charge in [-0.3, -0.25) is 4.79 Å². The van der Waals surface area contributed by atoms with E-state index in [9.17, 15) is 4.79 Å². The van der Waals surface area contributed by atoms with E-state index in [2.05, 4.69) is 51.7 Å². The summed E-state index contributed by atoms with van der Waals surface area (Å²) in [6.45, 7) is 7.43. The molecule has 1 aromatic carbocycles. The summed E-state index contributed by atoms with van der Waals surface area (Å²) in [5.41, 5.74) is 2.52. The zero-order valence-corrected chi connectivity index (χ0v) is 19.7. The minimum atomic E-state index is 0.0209. The van der Waals surface area contributed by atoms with Crippen LogP contribution in [0.4, 0.5) is 11.5 Å². The fourth-order valence-electron chi connectivity index (χ4n) is 5.69. The third kappa shape index (κ3) is 3.33. The van der Waals surface area contributed by atoms with Crippen molar-refractivity contribution in [2.45, 2.75) is 38.6 Å². The van der Waals surface area contributed by atoms with Crippen molar-refractivity contribution in [3.63, 3.8) is 0 Å². The van der Waals surface area contributed by atoms with Gasteiger partial charge in [0.25, 0.3) is 5.91 Å². The number of pyridine rings is 1. The molecule has 0 bridgehead atoms. The quantitative estimate of drug-likeness (QED) is 0.580. The van der Waals surface area contributed by atoms with Gasteiger partial charge in [-0.05, 0) is 82.4 Å². The normalized spacial score (nSPS) is 23.8. The molecule has 3 aliphatic rings. The molecule has 2 N–H and O–H groups in total. The lowest BCUT2D eigenvalue weighted by Gasteiger charge is -2.46. The number of anilines is 2. The molecule has 32 heavy (non-hydrogen) atoms. The van der Waals surface area contributed by atoms with Gasteiger partial charge in [0, 0.05) is 41.1 Å². The van der Waals surface area contributed by atoms with Gasteiger partial charge in [0.1, 0.15) is 10.7 Å². The second kappa shape index (κ2) is 7.59. The first-order valence-electron chi connectivity index (χ1n) is 11.9. The number of aromatic nitrogens is 1. The molecule has 2 fully saturated rings. The second-order valence-corrected chi connectivity index (χ2v) is 11.1. The topological polar surface area (TPSA) is 60.5 Å². The van der Waals surface area contributed by atoms with Crippen molar-refractivity contribution in [1.29, 1.82) is 0 Å². The Morgan fingerprint density at radius 1 is 1.06 bits per heavy atom. The molecular formula is C25H31N5OS. The Hall–Kier alpha value is -2.38. The first-order chi connectivity index (χ1) is 15.5. The van der Waals surface area contributed by atoms with Crippen LogP contribution in [0, 0.1) is 5.41 Å². The van der Waals surface area contributed by atoms with Gasteiger partial charge in [0.15, 0.2) is 0 Å². The Bertz CT molecular complexity index is 1190. The maximum Gasteiger partial charge on any atom is 0.263 e. The zero-order valence-electron chi connectivity index (χ0n) is 18.9. The van der Waals surface area contributed by atoms with Crippen LogP contribution in [0.15, 0.2) is 24.3 Å². The lowest BCUT2D eigenvalue weighted by Crippen LogP contribution is -2.46. The summed E-state index contributed by atoms with van der Waals surface area (Å²) in [6, 6.07) is 8.73. The van der Waals surface area contributed by atoms with Gasteiger partial charge in [0.05, 0.1) is 11.2 Å². The molecule has 6 rings (SSSR count). The molecule has 2 aromatic heterocycles. The monoisotopic (exact) mass is 449 g/mol. The lowest BCUT2D eigenvalue weighted by atomic mass is 9.71. The summed E-state index contributed by atoms with van der Waals surface area (Å²) < 4.78 is 1.14. The predicted octanol–water partition coefficient (Wildman–Crippen LogP) is 4.31. The highest BCUT2D eigenvalue weighted by molar-refractivity contribution is 7.21. The second-order valence-electron chi connectivity index (χ2n) is 10.0. The summed E-state index contributed by atoms with van der Waals surface area (Å²) in [7, 11) is 2.24. The van der Waals surface area contributed by atoms with Gasteiger partial charge >= 0.3 is 0 Å². The number of benzene rings is 1. The third-order valence-corrected chi connectivity index (χ3v) is 9.03. The van der Waals surface area contributed by atoms with E-state index in [1.54, 1.807) is 11.3 Å². The van der Waals surface area contributed by atoms with Crippen LogP contribution < -0.4 is 15.5 Å². The molecule has 0 unspecified atom stereocenters. The fraction of sp³-hybridized carbons (Fsp3) is 0.520. The van der Waals surface area contributed by atoms with Crippen molar-refractivity contribution in [3.8, 4) is 0 Å². The van der Waals surface area contributed by atoms with Gasteiger partial charge in [0.2, 0.25) is 0 Å². The Kier molecular flexibility index (Phi) is 4.80. The molecule has 168 valence electrons. The molecule has 3 aliphatic heterocycles. The van der Waals surface area contributed by atoms with Gasteiger partial charge < -0.3 is 20.4 Å². The molecule has 5 heterocycles. The highest BCUT2D eigenvalue weighted by Gasteiger charge is 2.37. The first kappa shape index (κ1) is 20.2. The molecule has 0 aliphatic carbocycles. The largest absolute Gasteiger partial charge is 0.381 e. The van der Waals surface area contributed by atoms with Crippen molar-refractivity contribution < 1.29 is 4.79 Å². The average molecular weight is 450 g/mol. The average Bonchev–Trinajstić information content (AvgIpc) is 3.13. The number of rotatable bonds is 1. The maximum atomic E-state index is 12.7. The summed E-state index contributed by atoms with van der Waals surface area (Å²) in [5.74, 6) is 1.10.